The lowest BCUT2D eigenvalue weighted by atomic mass is 10.1. The van der Waals surface area contributed by atoms with Crippen LogP contribution in [-0.4, -0.2) is 9.52 Å². The summed E-state index contributed by atoms with van der Waals surface area (Å²) in [5.41, 5.74) is 2.73. The zero-order chi connectivity index (χ0) is 10.4. The highest BCUT2D eigenvalue weighted by Crippen LogP contribution is 2.29. The van der Waals surface area contributed by atoms with Crippen molar-refractivity contribution in [2.45, 2.75) is 0 Å². The van der Waals surface area contributed by atoms with E-state index in [0.29, 0.717) is 0 Å². The van der Waals surface area contributed by atoms with Gasteiger partial charge in [-0.1, -0.05) is 55.2 Å². The maximum Gasteiger partial charge on any atom is 0.123 e. The van der Waals surface area contributed by atoms with Gasteiger partial charge in [0.25, 0.3) is 0 Å². The van der Waals surface area contributed by atoms with Crippen molar-refractivity contribution in [1.82, 2.24) is 0 Å². The number of hydrogen-bond donors (Lipinski definition) is 0. The fraction of sp³-hybridized carbons (Fsp3) is 0. The van der Waals surface area contributed by atoms with Gasteiger partial charge in [0.1, 0.15) is 9.52 Å². The summed E-state index contributed by atoms with van der Waals surface area (Å²) < 4.78 is 2.35. The molecule has 0 N–H and O–H groups in total. The minimum atomic E-state index is 0.793. The number of benzene rings is 2. The van der Waals surface area contributed by atoms with Gasteiger partial charge in [0.05, 0.1) is 0 Å². The van der Waals surface area contributed by atoms with Crippen LogP contribution < -0.4 is 10.4 Å². The highest BCUT2D eigenvalue weighted by molar-refractivity contribution is 9.10. The largest absolute Gasteiger partial charge is 0.123 e. The smallest absolute Gasteiger partial charge is 0.0624 e. The zero-order valence-corrected chi connectivity index (χ0v) is 11.9. The Morgan fingerprint density at radius 2 is 1.80 bits per heavy atom. The Balaban J connectivity index is 2.33. The SMILES string of the molecule is Brc1ccc2c(c1)-c1c(Br)cccc1[Si]2. The molecule has 0 nitrogen and oxygen atoms in total. The number of rotatable bonds is 0. The van der Waals surface area contributed by atoms with E-state index in [1.54, 1.807) is 0 Å². The third-order valence-electron chi connectivity index (χ3n) is 2.53. The predicted molar refractivity (Wildman–Crippen MR) is 72.3 cm³/mol. The maximum atomic E-state index is 3.63. The van der Waals surface area contributed by atoms with E-state index >= 15 is 0 Å². The summed E-state index contributed by atoms with van der Waals surface area (Å²) in [4.78, 5) is 0. The van der Waals surface area contributed by atoms with E-state index in [4.69, 9.17) is 0 Å². The molecule has 0 unspecified atom stereocenters. The second-order valence-corrected chi connectivity index (χ2v) is 6.57. The van der Waals surface area contributed by atoms with Gasteiger partial charge in [-0.2, -0.15) is 0 Å². The summed E-state index contributed by atoms with van der Waals surface area (Å²) in [5.74, 6) is 0. The van der Waals surface area contributed by atoms with E-state index in [-0.39, 0.29) is 0 Å². The van der Waals surface area contributed by atoms with Gasteiger partial charge in [0, 0.05) is 8.95 Å². The number of fused-ring (bicyclic) bond motifs is 3. The van der Waals surface area contributed by atoms with Crippen LogP contribution in [0, 0.1) is 0 Å². The molecule has 2 aromatic rings. The number of hydrogen-bond acceptors (Lipinski definition) is 0. The molecule has 0 fully saturated rings. The first-order valence-electron chi connectivity index (χ1n) is 4.61. The van der Waals surface area contributed by atoms with Crippen molar-refractivity contribution < 1.29 is 0 Å². The van der Waals surface area contributed by atoms with Gasteiger partial charge in [-0.05, 0) is 34.5 Å². The molecule has 72 valence electrons. The summed E-state index contributed by atoms with van der Waals surface area (Å²) >= 11 is 7.16. The second kappa shape index (κ2) is 3.58. The third-order valence-corrected chi connectivity index (χ3v) is 5.08. The molecule has 2 radical (unpaired) electrons. The zero-order valence-electron chi connectivity index (χ0n) is 7.72. The van der Waals surface area contributed by atoms with Crippen LogP contribution in [-0.2, 0) is 0 Å². The van der Waals surface area contributed by atoms with Crippen molar-refractivity contribution in [3.05, 3.63) is 45.3 Å². The van der Waals surface area contributed by atoms with Gasteiger partial charge in [0.2, 0.25) is 0 Å². The van der Waals surface area contributed by atoms with Crippen LogP contribution in [0.1, 0.15) is 0 Å². The highest BCUT2D eigenvalue weighted by atomic mass is 79.9. The summed E-state index contributed by atoms with van der Waals surface area (Å²) in [6.07, 6.45) is 0. The van der Waals surface area contributed by atoms with E-state index < -0.39 is 0 Å². The van der Waals surface area contributed by atoms with Crippen LogP contribution >= 0.6 is 31.9 Å². The van der Waals surface area contributed by atoms with Crippen LogP contribution in [0.3, 0.4) is 0 Å². The molecule has 3 heteroatoms. The molecule has 0 saturated carbocycles. The quantitative estimate of drug-likeness (QED) is 0.553. The Hall–Kier alpha value is -0.383. The Bertz CT molecular complexity index is 549. The molecule has 0 saturated heterocycles. The molecule has 2 aromatic carbocycles. The topological polar surface area (TPSA) is 0 Å². The van der Waals surface area contributed by atoms with Crippen LogP contribution in [0.2, 0.25) is 0 Å². The van der Waals surface area contributed by atoms with Crippen molar-refractivity contribution in [2.75, 3.05) is 0 Å². The Labute approximate surface area is 108 Å². The molecule has 15 heavy (non-hydrogen) atoms. The van der Waals surface area contributed by atoms with Crippen LogP contribution in [0.25, 0.3) is 11.1 Å². The summed E-state index contributed by atoms with van der Waals surface area (Å²) in [5, 5.41) is 2.89. The molecule has 0 aliphatic carbocycles. The fourth-order valence-corrected chi connectivity index (χ4v) is 4.37. The normalized spacial score (nSPS) is 12.4. The minimum Gasteiger partial charge on any atom is -0.0624 e. The Morgan fingerprint density at radius 3 is 2.67 bits per heavy atom. The molecule has 0 spiro atoms. The fourth-order valence-electron chi connectivity index (χ4n) is 1.88. The highest BCUT2D eigenvalue weighted by Gasteiger charge is 2.21. The predicted octanol–water partition coefficient (Wildman–Crippen LogP) is 2.85. The van der Waals surface area contributed by atoms with Crippen molar-refractivity contribution in [3.8, 4) is 11.1 Å². The summed E-state index contributed by atoms with van der Waals surface area (Å²) in [7, 11) is 0.793. The first-order valence-corrected chi connectivity index (χ1v) is 7.20. The minimum absolute atomic E-state index is 0.793. The van der Waals surface area contributed by atoms with Crippen molar-refractivity contribution in [1.29, 1.82) is 0 Å². The standard InChI is InChI=1S/C12H6Br2Si/c13-7-4-5-10-8(6-7)12-9(14)2-1-3-11(12)15-10/h1-6H. The lowest BCUT2D eigenvalue weighted by molar-refractivity contribution is 1.64. The van der Waals surface area contributed by atoms with Gasteiger partial charge >= 0.3 is 0 Å². The van der Waals surface area contributed by atoms with E-state index in [1.807, 2.05) is 0 Å². The molecule has 0 amide bonds. The second-order valence-electron chi connectivity index (χ2n) is 3.48. The lowest BCUT2D eigenvalue weighted by Gasteiger charge is -2.04. The molecule has 0 atom stereocenters. The van der Waals surface area contributed by atoms with Gasteiger partial charge in [-0.3, -0.25) is 0 Å². The molecule has 1 heterocycles. The molecule has 1 aliphatic rings. The van der Waals surface area contributed by atoms with E-state index in [9.17, 15) is 0 Å². The van der Waals surface area contributed by atoms with Crippen molar-refractivity contribution in [3.63, 3.8) is 0 Å². The van der Waals surface area contributed by atoms with Crippen molar-refractivity contribution in [2.24, 2.45) is 0 Å². The van der Waals surface area contributed by atoms with Crippen LogP contribution in [0.5, 0.6) is 0 Å². The summed E-state index contributed by atoms with van der Waals surface area (Å²) in [6.45, 7) is 0. The van der Waals surface area contributed by atoms with Gasteiger partial charge in [-0.25, -0.2) is 0 Å². The molecule has 0 aromatic heterocycles. The van der Waals surface area contributed by atoms with Crippen molar-refractivity contribution >= 4 is 51.8 Å². The maximum absolute atomic E-state index is 3.63. The molecule has 1 aliphatic heterocycles. The third kappa shape index (κ3) is 1.53. The first-order chi connectivity index (χ1) is 7.25. The average Bonchev–Trinajstić information content (AvgIpc) is 2.57. The Kier molecular flexibility index (Phi) is 2.34. The lowest BCUT2D eigenvalue weighted by Crippen LogP contribution is -2.20. The van der Waals surface area contributed by atoms with Crippen LogP contribution in [0.4, 0.5) is 0 Å². The van der Waals surface area contributed by atoms with Gasteiger partial charge < -0.3 is 0 Å². The van der Waals surface area contributed by atoms with Gasteiger partial charge in [0.15, 0.2) is 0 Å². The van der Waals surface area contributed by atoms with Crippen LogP contribution in [0.15, 0.2) is 45.3 Å². The first kappa shape index (κ1) is 9.82. The monoisotopic (exact) mass is 336 g/mol. The van der Waals surface area contributed by atoms with E-state index in [2.05, 4.69) is 68.3 Å². The molecular weight excluding hydrogens is 332 g/mol. The molecule has 3 rings (SSSR count). The average molecular weight is 338 g/mol. The Morgan fingerprint density at radius 1 is 0.933 bits per heavy atom. The van der Waals surface area contributed by atoms with E-state index in [0.717, 1.165) is 14.0 Å². The van der Waals surface area contributed by atoms with E-state index in [1.165, 1.54) is 26.0 Å². The number of halogens is 2. The molecular formula is C12H6Br2Si. The molecule has 0 bridgehead atoms. The summed E-state index contributed by atoms with van der Waals surface area (Å²) in [6, 6.07) is 13.0. The van der Waals surface area contributed by atoms with Gasteiger partial charge in [-0.15, -0.1) is 0 Å².